The second-order valence-corrected chi connectivity index (χ2v) is 11.7. The number of sulfonamides is 1. The van der Waals surface area contributed by atoms with E-state index in [0.717, 1.165) is 49.4 Å². The van der Waals surface area contributed by atoms with Crippen LogP contribution in [0.15, 0.2) is 52.3 Å². The molecule has 1 fully saturated rings. The maximum atomic E-state index is 13.2. The van der Waals surface area contributed by atoms with Gasteiger partial charge in [-0.3, -0.25) is 4.79 Å². The molecule has 1 saturated heterocycles. The predicted octanol–water partition coefficient (Wildman–Crippen LogP) is 4.94. The van der Waals surface area contributed by atoms with Crippen LogP contribution in [0.3, 0.4) is 0 Å². The molecular formula is C24H32N2O3S3. The summed E-state index contributed by atoms with van der Waals surface area (Å²) in [6.45, 7) is 3.88. The number of hydrogen-bond donors (Lipinski definition) is 1. The second-order valence-electron chi connectivity index (χ2n) is 8.00. The molecule has 32 heavy (non-hydrogen) atoms. The zero-order valence-electron chi connectivity index (χ0n) is 18.8. The highest BCUT2D eigenvalue weighted by Gasteiger charge is 2.23. The summed E-state index contributed by atoms with van der Waals surface area (Å²) in [5.74, 6) is 1.45. The highest BCUT2D eigenvalue weighted by atomic mass is 32.2. The maximum absolute atomic E-state index is 13.2. The zero-order valence-corrected chi connectivity index (χ0v) is 21.3. The molecule has 174 valence electrons. The number of nitrogens with zero attached hydrogens (tertiary/aromatic N) is 1. The molecule has 8 heteroatoms. The Morgan fingerprint density at radius 2 is 1.72 bits per heavy atom. The third-order valence-corrected chi connectivity index (χ3v) is 8.82. The number of hydrogen-bond acceptors (Lipinski definition) is 5. The summed E-state index contributed by atoms with van der Waals surface area (Å²) in [5.41, 5.74) is 2.94. The predicted molar refractivity (Wildman–Crippen MR) is 135 cm³/mol. The molecule has 0 unspecified atom stereocenters. The van der Waals surface area contributed by atoms with Gasteiger partial charge in [-0.2, -0.15) is 11.8 Å². The molecular weight excluding hydrogens is 460 g/mol. The van der Waals surface area contributed by atoms with Crippen molar-refractivity contribution in [3.05, 3.63) is 59.2 Å². The van der Waals surface area contributed by atoms with Gasteiger partial charge in [0.25, 0.3) is 5.91 Å². The Kier molecular flexibility index (Phi) is 9.52. The van der Waals surface area contributed by atoms with Crippen LogP contribution in [-0.4, -0.2) is 50.9 Å². The molecule has 1 amide bonds. The lowest BCUT2D eigenvalue weighted by Gasteiger charge is -2.22. The van der Waals surface area contributed by atoms with E-state index in [1.165, 1.54) is 22.9 Å². The van der Waals surface area contributed by atoms with Crippen molar-refractivity contribution in [1.29, 1.82) is 0 Å². The molecule has 0 atom stereocenters. The average Bonchev–Trinajstić information content (AvgIpc) is 3.09. The van der Waals surface area contributed by atoms with Crippen LogP contribution in [0.4, 0.5) is 0 Å². The van der Waals surface area contributed by atoms with Crippen molar-refractivity contribution in [2.24, 2.45) is 0 Å². The summed E-state index contributed by atoms with van der Waals surface area (Å²) >= 11 is 3.16. The Bertz CT molecular complexity index is 1000. The Balaban J connectivity index is 1.61. The SMILES string of the molecule is CSc1ccc(S(=O)(=O)NCCSCc2ccc(C)cc2)cc1C(=O)N1CCCCCC1. The smallest absolute Gasteiger partial charge is 0.255 e. The summed E-state index contributed by atoms with van der Waals surface area (Å²) in [4.78, 5) is 16.0. The average molecular weight is 493 g/mol. The fraction of sp³-hybridized carbons (Fsp3) is 0.458. The first-order chi connectivity index (χ1) is 15.4. The van der Waals surface area contributed by atoms with E-state index in [1.54, 1.807) is 30.0 Å². The first-order valence-electron chi connectivity index (χ1n) is 11.0. The van der Waals surface area contributed by atoms with Crippen molar-refractivity contribution in [2.45, 2.75) is 48.2 Å². The van der Waals surface area contributed by atoms with Crippen molar-refractivity contribution >= 4 is 39.5 Å². The van der Waals surface area contributed by atoms with Crippen LogP contribution < -0.4 is 4.72 Å². The topological polar surface area (TPSA) is 66.5 Å². The van der Waals surface area contributed by atoms with Crippen LogP contribution in [-0.2, 0) is 15.8 Å². The molecule has 1 N–H and O–H groups in total. The molecule has 2 aromatic carbocycles. The number of amides is 1. The fourth-order valence-corrected chi connectivity index (χ4v) is 6.25. The molecule has 2 aromatic rings. The van der Waals surface area contributed by atoms with E-state index >= 15 is 0 Å². The molecule has 0 radical (unpaired) electrons. The van der Waals surface area contributed by atoms with Gasteiger partial charge in [-0.25, -0.2) is 13.1 Å². The molecule has 1 aliphatic heterocycles. The van der Waals surface area contributed by atoms with Gasteiger partial charge in [-0.05, 0) is 49.8 Å². The first kappa shape index (κ1) is 25.1. The minimum absolute atomic E-state index is 0.0676. The molecule has 0 aliphatic carbocycles. The van der Waals surface area contributed by atoms with Gasteiger partial charge in [0, 0.05) is 36.0 Å². The van der Waals surface area contributed by atoms with Gasteiger partial charge >= 0.3 is 0 Å². The normalized spacial score (nSPS) is 14.9. The molecule has 1 heterocycles. The Hall–Kier alpha value is -1.48. The van der Waals surface area contributed by atoms with E-state index in [1.807, 2.05) is 11.2 Å². The van der Waals surface area contributed by atoms with Crippen molar-refractivity contribution in [3.8, 4) is 0 Å². The van der Waals surface area contributed by atoms with Crippen LogP contribution in [0, 0.1) is 6.92 Å². The van der Waals surface area contributed by atoms with E-state index in [0.29, 0.717) is 17.9 Å². The van der Waals surface area contributed by atoms with Crippen molar-refractivity contribution in [3.63, 3.8) is 0 Å². The number of rotatable bonds is 9. The van der Waals surface area contributed by atoms with Gasteiger partial charge in [-0.15, -0.1) is 11.8 Å². The summed E-state index contributed by atoms with van der Waals surface area (Å²) in [6.07, 6.45) is 6.19. The van der Waals surface area contributed by atoms with Crippen LogP contribution >= 0.6 is 23.5 Å². The number of benzene rings is 2. The molecule has 1 aliphatic rings. The molecule has 0 spiro atoms. The van der Waals surface area contributed by atoms with Gasteiger partial charge in [0.05, 0.1) is 10.5 Å². The van der Waals surface area contributed by atoms with Gasteiger partial charge < -0.3 is 4.90 Å². The van der Waals surface area contributed by atoms with Crippen molar-refractivity contribution < 1.29 is 13.2 Å². The first-order valence-corrected chi connectivity index (χ1v) is 14.9. The largest absolute Gasteiger partial charge is 0.339 e. The van der Waals surface area contributed by atoms with Gasteiger partial charge in [-0.1, -0.05) is 42.7 Å². The van der Waals surface area contributed by atoms with Crippen LogP contribution in [0.1, 0.15) is 47.2 Å². The molecule has 3 rings (SSSR count). The number of likely N-dealkylation sites (tertiary alicyclic amines) is 1. The third-order valence-electron chi connectivity index (χ3n) is 5.53. The minimum Gasteiger partial charge on any atom is -0.339 e. The highest BCUT2D eigenvalue weighted by Crippen LogP contribution is 2.26. The lowest BCUT2D eigenvalue weighted by atomic mass is 10.2. The standard InChI is InChI=1S/C24H32N2O3S3/c1-19-7-9-20(10-8-19)18-31-16-13-25-32(28,29)21-11-12-23(30-2)22(17-21)24(27)26-14-5-3-4-6-15-26/h7-12,17,25H,3-6,13-16,18H2,1-2H3. The molecule has 0 saturated carbocycles. The number of aryl methyl sites for hydroxylation is 1. The van der Waals surface area contributed by atoms with Crippen molar-refractivity contribution in [2.75, 3.05) is 31.6 Å². The molecule has 0 bridgehead atoms. The summed E-state index contributed by atoms with van der Waals surface area (Å²) in [5, 5.41) is 0. The molecule has 5 nitrogen and oxygen atoms in total. The van der Waals surface area contributed by atoms with E-state index < -0.39 is 10.0 Å². The van der Waals surface area contributed by atoms with Crippen LogP contribution in [0.2, 0.25) is 0 Å². The van der Waals surface area contributed by atoms with Crippen molar-refractivity contribution in [1.82, 2.24) is 9.62 Å². The quantitative estimate of drug-likeness (QED) is 0.397. The number of nitrogens with one attached hydrogen (secondary N) is 1. The number of carbonyl (C=O) groups excluding carboxylic acids is 1. The number of carbonyl (C=O) groups is 1. The summed E-state index contributed by atoms with van der Waals surface area (Å²) in [7, 11) is -3.67. The van der Waals surface area contributed by atoms with E-state index in [9.17, 15) is 13.2 Å². The number of thioether (sulfide) groups is 2. The zero-order chi connectivity index (χ0) is 23.0. The van der Waals surface area contributed by atoms with Crippen LogP contribution in [0.25, 0.3) is 0 Å². The second kappa shape index (κ2) is 12.1. The van der Waals surface area contributed by atoms with Gasteiger partial charge in [0.2, 0.25) is 10.0 Å². The van der Waals surface area contributed by atoms with Gasteiger partial charge in [0.1, 0.15) is 0 Å². The Labute approximate surface area is 200 Å². The molecule has 0 aromatic heterocycles. The van der Waals surface area contributed by atoms with Gasteiger partial charge in [0.15, 0.2) is 0 Å². The van der Waals surface area contributed by atoms with E-state index in [-0.39, 0.29) is 10.8 Å². The Morgan fingerprint density at radius 3 is 2.38 bits per heavy atom. The third kappa shape index (κ3) is 7.01. The lowest BCUT2D eigenvalue weighted by molar-refractivity contribution is 0.0758. The van der Waals surface area contributed by atoms with E-state index in [4.69, 9.17) is 0 Å². The maximum Gasteiger partial charge on any atom is 0.255 e. The van der Waals surface area contributed by atoms with Crippen LogP contribution in [0.5, 0.6) is 0 Å². The van der Waals surface area contributed by atoms with E-state index in [2.05, 4.69) is 35.9 Å². The lowest BCUT2D eigenvalue weighted by Crippen LogP contribution is -2.32. The summed E-state index contributed by atoms with van der Waals surface area (Å²) < 4.78 is 28.4. The Morgan fingerprint density at radius 1 is 1.03 bits per heavy atom. The fourth-order valence-electron chi connectivity index (χ4n) is 3.67. The monoisotopic (exact) mass is 492 g/mol. The highest BCUT2D eigenvalue weighted by molar-refractivity contribution is 7.98. The summed E-state index contributed by atoms with van der Waals surface area (Å²) in [6, 6.07) is 13.2. The minimum atomic E-state index is -3.67.